The minimum atomic E-state index is -0.552. The Hall–Kier alpha value is -1.44. The van der Waals surface area contributed by atoms with Gasteiger partial charge >= 0.3 is 0 Å². The van der Waals surface area contributed by atoms with Crippen molar-refractivity contribution in [2.24, 2.45) is 5.73 Å². The van der Waals surface area contributed by atoms with E-state index in [9.17, 15) is 9.90 Å². The number of amides is 1. The van der Waals surface area contributed by atoms with Crippen LogP contribution in [0.15, 0.2) is 12.3 Å². The van der Waals surface area contributed by atoms with Gasteiger partial charge < -0.3 is 20.5 Å². The highest BCUT2D eigenvalue weighted by molar-refractivity contribution is 5.90. The van der Waals surface area contributed by atoms with E-state index in [1.54, 1.807) is 16.9 Å². The van der Waals surface area contributed by atoms with Gasteiger partial charge in [-0.3, -0.25) is 9.48 Å². The maximum atomic E-state index is 11.0. The third-order valence-electron chi connectivity index (χ3n) is 2.68. The second kappa shape index (κ2) is 6.83. The lowest BCUT2D eigenvalue weighted by Crippen LogP contribution is -2.37. The smallest absolute Gasteiger partial charge is 0.269 e. The van der Waals surface area contributed by atoms with E-state index in [0.29, 0.717) is 13.1 Å². The summed E-state index contributed by atoms with van der Waals surface area (Å²) in [5.41, 5.74) is 4.88. The van der Waals surface area contributed by atoms with Crippen LogP contribution in [0.1, 0.15) is 24.3 Å². The van der Waals surface area contributed by atoms with Gasteiger partial charge in [0.25, 0.3) is 5.91 Å². The molecule has 1 heterocycles. The molecular weight excluding hydrogens is 260 g/mol. The standard InChI is InChI=1S/C13H24N4O3/c1-13(2,20-8-10(18)7-16(3)4)9-17-6-5-11(15-17)12(14)19/h5-6,10,18H,7-9H2,1-4H3,(H2,14,19)/t10-/m1/s1. The number of nitrogens with zero attached hydrogens (tertiary/aromatic N) is 3. The van der Waals surface area contributed by atoms with Gasteiger partial charge in [-0.1, -0.05) is 0 Å². The normalized spacial score (nSPS) is 13.7. The van der Waals surface area contributed by atoms with Crippen molar-refractivity contribution in [1.82, 2.24) is 14.7 Å². The van der Waals surface area contributed by atoms with E-state index in [-0.39, 0.29) is 12.3 Å². The van der Waals surface area contributed by atoms with Crippen LogP contribution in [0.2, 0.25) is 0 Å². The first-order valence-electron chi connectivity index (χ1n) is 6.49. The molecule has 0 unspecified atom stereocenters. The SMILES string of the molecule is CN(C)C[C@@H](O)COC(C)(C)Cn1ccc(C(N)=O)n1. The summed E-state index contributed by atoms with van der Waals surface area (Å²) in [7, 11) is 3.78. The maximum Gasteiger partial charge on any atom is 0.269 e. The lowest BCUT2D eigenvalue weighted by atomic mass is 10.1. The Kier molecular flexibility index (Phi) is 5.67. The minimum absolute atomic E-state index is 0.230. The fraction of sp³-hybridized carbons (Fsp3) is 0.692. The van der Waals surface area contributed by atoms with E-state index in [4.69, 9.17) is 10.5 Å². The molecule has 0 saturated heterocycles. The number of aliphatic hydroxyl groups is 1. The Morgan fingerprint density at radius 3 is 2.75 bits per heavy atom. The highest BCUT2D eigenvalue weighted by Gasteiger charge is 2.22. The van der Waals surface area contributed by atoms with Gasteiger partial charge in [-0.15, -0.1) is 0 Å². The summed E-state index contributed by atoms with van der Waals surface area (Å²) in [5.74, 6) is -0.552. The van der Waals surface area contributed by atoms with Crippen LogP contribution >= 0.6 is 0 Å². The summed E-state index contributed by atoms with van der Waals surface area (Å²) < 4.78 is 7.32. The van der Waals surface area contributed by atoms with E-state index in [2.05, 4.69) is 5.10 Å². The van der Waals surface area contributed by atoms with Gasteiger partial charge in [-0.05, 0) is 34.0 Å². The maximum absolute atomic E-state index is 11.0. The van der Waals surface area contributed by atoms with Gasteiger partial charge in [0.05, 0.1) is 24.9 Å². The number of carbonyl (C=O) groups is 1. The first-order chi connectivity index (χ1) is 9.19. The molecule has 1 rings (SSSR count). The topological polar surface area (TPSA) is 93.6 Å². The molecule has 0 saturated carbocycles. The Bertz CT molecular complexity index is 443. The molecule has 7 heteroatoms. The molecule has 1 atom stereocenters. The van der Waals surface area contributed by atoms with E-state index in [0.717, 1.165) is 0 Å². The van der Waals surface area contributed by atoms with Crippen LogP contribution < -0.4 is 5.73 Å². The number of carbonyl (C=O) groups excluding carboxylic acids is 1. The molecule has 1 aromatic rings. The molecule has 3 N–H and O–H groups in total. The zero-order valence-corrected chi connectivity index (χ0v) is 12.5. The zero-order valence-electron chi connectivity index (χ0n) is 12.5. The van der Waals surface area contributed by atoms with Crippen LogP contribution in [-0.4, -0.2) is 64.6 Å². The third-order valence-corrected chi connectivity index (χ3v) is 2.68. The number of rotatable bonds is 8. The van der Waals surface area contributed by atoms with Crippen LogP contribution in [-0.2, 0) is 11.3 Å². The highest BCUT2D eigenvalue weighted by atomic mass is 16.5. The van der Waals surface area contributed by atoms with Crippen molar-refractivity contribution in [2.75, 3.05) is 27.2 Å². The first-order valence-corrected chi connectivity index (χ1v) is 6.49. The molecule has 0 bridgehead atoms. The average Bonchev–Trinajstić information content (AvgIpc) is 2.73. The van der Waals surface area contributed by atoms with Crippen molar-refractivity contribution in [3.8, 4) is 0 Å². The van der Waals surface area contributed by atoms with Crippen LogP contribution in [0.25, 0.3) is 0 Å². The van der Waals surface area contributed by atoms with E-state index < -0.39 is 17.6 Å². The molecule has 114 valence electrons. The van der Waals surface area contributed by atoms with Crippen molar-refractivity contribution < 1.29 is 14.6 Å². The van der Waals surface area contributed by atoms with Crippen molar-refractivity contribution in [1.29, 1.82) is 0 Å². The Morgan fingerprint density at radius 2 is 2.25 bits per heavy atom. The molecule has 0 aliphatic carbocycles. The van der Waals surface area contributed by atoms with Crippen LogP contribution in [0.5, 0.6) is 0 Å². The number of likely N-dealkylation sites (N-methyl/N-ethyl adjacent to an activating group) is 1. The van der Waals surface area contributed by atoms with Gasteiger partial charge in [-0.2, -0.15) is 5.10 Å². The van der Waals surface area contributed by atoms with Crippen molar-refractivity contribution in [3.05, 3.63) is 18.0 Å². The summed E-state index contributed by atoms with van der Waals surface area (Å²) in [6.45, 7) is 5.07. The lowest BCUT2D eigenvalue weighted by molar-refractivity contribution is -0.0727. The zero-order chi connectivity index (χ0) is 15.3. The Morgan fingerprint density at radius 1 is 1.60 bits per heavy atom. The van der Waals surface area contributed by atoms with Crippen LogP contribution in [0.4, 0.5) is 0 Å². The van der Waals surface area contributed by atoms with Gasteiger partial charge in [0.15, 0.2) is 0 Å². The summed E-state index contributed by atoms with van der Waals surface area (Å²) in [4.78, 5) is 12.9. The summed E-state index contributed by atoms with van der Waals surface area (Å²) in [6.07, 6.45) is 1.14. The predicted octanol–water partition coefficient (Wildman–Crippen LogP) is -0.300. The molecule has 1 amide bonds. The molecule has 0 aliphatic heterocycles. The van der Waals surface area contributed by atoms with Crippen molar-refractivity contribution in [3.63, 3.8) is 0 Å². The number of hydrogen-bond acceptors (Lipinski definition) is 5. The number of hydrogen-bond donors (Lipinski definition) is 2. The number of primary amides is 1. The number of aliphatic hydroxyl groups excluding tert-OH is 1. The number of ether oxygens (including phenoxy) is 1. The minimum Gasteiger partial charge on any atom is -0.389 e. The number of nitrogens with two attached hydrogens (primary N) is 1. The van der Waals surface area contributed by atoms with E-state index in [1.807, 2.05) is 32.8 Å². The largest absolute Gasteiger partial charge is 0.389 e. The Balaban J connectivity index is 2.49. The first kappa shape index (κ1) is 16.6. The van der Waals surface area contributed by atoms with Crippen molar-refractivity contribution >= 4 is 5.91 Å². The van der Waals surface area contributed by atoms with Crippen LogP contribution in [0, 0.1) is 0 Å². The molecule has 0 aliphatic rings. The average molecular weight is 284 g/mol. The fourth-order valence-corrected chi connectivity index (χ4v) is 1.81. The van der Waals surface area contributed by atoms with Gasteiger partial charge in [-0.25, -0.2) is 0 Å². The van der Waals surface area contributed by atoms with Crippen molar-refractivity contribution in [2.45, 2.75) is 32.1 Å². The molecule has 0 spiro atoms. The molecular formula is C13H24N4O3. The summed E-state index contributed by atoms with van der Waals surface area (Å²) in [6, 6.07) is 1.57. The Labute approximate surface area is 119 Å². The van der Waals surface area contributed by atoms with Gasteiger partial charge in [0.1, 0.15) is 5.69 Å². The monoisotopic (exact) mass is 284 g/mol. The lowest BCUT2D eigenvalue weighted by Gasteiger charge is -2.27. The molecule has 0 aromatic carbocycles. The predicted molar refractivity (Wildman–Crippen MR) is 75.3 cm³/mol. The van der Waals surface area contributed by atoms with Gasteiger partial charge in [0.2, 0.25) is 0 Å². The molecule has 1 aromatic heterocycles. The highest BCUT2D eigenvalue weighted by Crippen LogP contribution is 2.13. The summed E-state index contributed by atoms with van der Waals surface area (Å²) >= 11 is 0. The second-order valence-corrected chi connectivity index (χ2v) is 5.75. The number of aromatic nitrogens is 2. The second-order valence-electron chi connectivity index (χ2n) is 5.75. The fourth-order valence-electron chi connectivity index (χ4n) is 1.81. The van der Waals surface area contributed by atoms with Gasteiger partial charge in [0, 0.05) is 12.7 Å². The quantitative estimate of drug-likeness (QED) is 0.683. The molecule has 0 fully saturated rings. The van der Waals surface area contributed by atoms with E-state index >= 15 is 0 Å². The summed E-state index contributed by atoms with van der Waals surface area (Å²) in [5, 5.41) is 13.8. The van der Waals surface area contributed by atoms with E-state index in [1.165, 1.54) is 0 Å². The molecule has 0 radical (unpaired) electrons. The molecule has 7 nitrogen and oxygen atoms in total. The third kappa shape index (κ3) is 5.68. The van der Waals surface area contributed by atoms with Crippen LogP contribution in [0.3, 0.4) is 0 Å². The molecule has 20 heavy (non-hydrogen) atoms.